The number of halogens is 2. The number of nitrogens with one attached hydrogen (secondary N) is 1. The molecular weight excluding hydrogens is 236 g/mol. The summed E-state index contributed by atoms with van der Waals surface area (Å²) in [5.41, 5.74) is 0. The van der Waals surface area contributed by atoms with E-state index in [1.807, 2.05) is 13.8 Å². The smallest absolute Gasteiger partial charge is 0.129 e. The highest BCUT2D eigenvalue weighted by Gasteiger charge is 2.15. The van der Waals surface area contributed by atoms with Gasteiger partial charge in [0.05, 0.1) is 0 Å². The summed E-state index contributed by atoms with van der Waals surface area (Å²) < 4.78 is 31.7. The van der Waals surface area contributed by atoms with Gasteiger partial charge in [0.25, 0.3) is 0 Å². The second kappa shape index (κ2) is 7.31. The third-order valence-corrected chi connectivity index (χ3v) is 2.64. The lowest BCUT2D eigenvalue weighted by Gasteiger charge is -2.23. The van der Waals surface area contributed by atoms with Gasteiger partial charge in [-0.05, 0) is 18.9 Å². The molecule has 0 saturated carbocycles. The van der Waals surface area contributed by atoms with E-state index in [1.54, 1.807) is 0 Å². The molecule has 4 heteroatoms. The Morgan fingerprint density at radius 1 is 1.17 bits per heavy atom. The van der Waals surface area contributed by atoms with Crippen molar-refractivity contribution < 1.29 is 13.5 Å². The number of ether oxygens (including phenoxy) is 1. The predicted molar refractivity (Wildman–Crippen MR) is 68.8 cm³/mol. The van der Waals surface area contributed by atoms with E-state index in [0.29, 0.717) is 6.54 Å². The molecular formula is C14H21F2NO. The lowest BCUT2D eigenvalue weighted by molar-refractivity contribution is 0.148. The van der Waals surface area contributed by atoms with E-state index in [9.17, 15) is 8.78 Å². The molecule has 0 aromatic heterocycles. The summed E-state index contributed by atoms with van der Waals surface area (Å²) >= 11 is 0. The van der Waals surface area contributed by atoms with E-state index in [1.165, 1.54) is 12.1 Å². The van der Waals surface area contributed by atoms with Crippen molar-refractivity contribution in [1.82, 2.24) is 5.32 Å². The Morgan fingerprint density at radius 2 is 1.78 bits per heavy atom. The highest BCUT2D eigenvalue weighted by atomic mass is 19.1. The van der Waals surface area contributed by atoms with Gasteiger partial charge in [-0.2, -0.15) is 0 Å². The zero-order chi connectivity index (χ0) is 13.5. The molecule has 0 fully saturated rings. The van der Waals surface area contributed by atoms with Gasteiger partial charge >= 0.3 is 0 Å². The van der Waals surface area contributed by atoms with Gasteiger partial charge in [-0.25, -0.2) is 8.78 Å². The van der Waals surface area contributed by atoms with E-state index in [0.717, 1.165) is 19.0 Å². The molecule has 2 nitrogen and oxygen atoms in total. The Labute approximate surface area is 107 Å². The number of hydrogen-bond acceptors (Lipinski definition) is 2. The van der Waals surface area contributed by atoms with Crippen molar-refractivity contribution >= 4 is 0 Å². The standard InChI is InChI=1S/C14H21F2NO/c1-4-5-17-9-14(10(2)3)18-13-7-11(15)6-12(16)8-13/h6-8,10,14,17H,4-5,9H2,1-3H3. The van der Waals surface area contributed by atoms with Crippen molar-refractivity contribution in [3.8, 4) is 5.75 Å². The fourth-order valence-corrected chi connectivity index (χ4v) is 1.61. The third kappa shape index (κ3) is 5.00. The first kappa shape index (κ1) is 14.9. The number of hydrogen-bond donors (Lipinski definition) is 1. The minimum atomic E-state index is -0.617. The Balaban J connectivity index is 2.64. The van der Waals surface area contributed by atoms with Crippen LogP contribution < -0.4 is 10.1 Å². The Kier molecular flexibility index (Phi) is 6.05. The van der Waals surface area contributed by atoms with Crippen molar-refractivity contribution in [2.24, 2.45) is 5.92 Å². The zero-order valence-electron chi connectivity index (χ0n) is 11.2. The first-order chi connectivity index (χ1) is 8.52. The van der Waals surface area contributed by atoms with Crippen molar-refractivity contribution in [3.63, 3.8) is 0 Å². The molecule has 0 spiro atoms. The molecule has 1 atom stereocenters. The van der Waals surface area contributed by atoms with Crippen molar-refractivity contribution in [1.29, 1.82) is 0 Å². The van der Waals surface area contributed by atoms with Crippen LogP contribution in [-0.2, 0) is 0 Å². The normalized spacial score (nSPS) is 12.8. The third-order valence-electron chi connectivity index (χ3n) is 2.64. The van der Waals surface area contributed by atoms with E-state index < -0.39 is 11.6 Å². The summed E-state index contributed by atoms with van der Waals surface area (Å²) in [6.45, 7) is 7.70. The highest BCUT2D eigenvalue weighted by Crippen LogP contribution is 2.19. The molecule has 1 rings (SSSR count). The summed E-state index contributed by atoms with van der Waals surface area (Å²) in [4.78, 5) is 0. The minimum absolute atomic E-state index is 0.0993. The van der Waals surface area contributed by atoms with Gasteiger partial charge in [-0.3, -0.25) is 0 Å². The van der Waals surface area contributed by atoms with Crippen LogP contribution in [0.3, 0.4) is 0 Å². The monoisotopic (exact) mass is 257 g/mol. The minimum Gasteiger partial charge on any atom is -0.489 e. The van der Waals surface area contributed by atoms with Gasteiger partial charge < -0.3 is 10.1 Å². The quantitative estimate of drug-likeness (QED) is 0.756. The number of benzene rings is 1. The lowest BCUT2D eigenvalue weighted by atomic mass is 10.1. The van der Waals surface area contributed by atoms with Crippen LogP contribution in [0.5, 0.6) is 5.75 Å². The summed E-state index contributed by atoms with van der Waals surface area (Å²) in [5, 5.41) is 3.25. The van der Waals surface area contributed by atoms with E-state index in [2.05, 4.69) is 12.2 Å². The first-order valence-corrected chi connectivity index (χ1v) is 6.36. The van der Waals surface area contributed by atoms with E-state index in [-0.39, 0.29) is 17.8 Å². The fraction of sp³-hybridized carbons (Fsp3) is 0.571. The van der Waals surface area contributed by atoms with Crippen LogP contribution in [0, 0.1) is 17.6 Å². The fourth-order valence-electron chi connectivity index (χ4n) is 1.61. The maximum Gasteiger partial charge on any atom is 0.129 e. The molecule has 0 saturated heterocycles. The zero-order valence-corrected chi connectivity index (χ0v) is 11.2. The van der Waals surface area contributed by atoms with Gasteiger partial charge in [-0.1, -0.05) is 20.8 Å². The summed E-state index contributed by atoms with van der Waals surface area (Å²) in [5.74, 6) is -0.728. The molecule has 0 aliphatic rings. The molecule has 1 N–H and O–H groups in total. The largest absolute Gasteiger partial charge is 0.489 e. The maximum absolute atomic E-state index is 13.1. The summed E-state index contributed by atoms with van der Waals surface area (Å²) in [6.07, 6.45) is 0.942. The topological polar surface area (TPSA) is 21.3 Å². The van der Waals surface area contributed by atoms with E-state index >= 15 is 0 Å². The van der Waals surface area contributed by atoms with Crippen LogP contribution in [0.1, 0.15) is 27.2 Å². The molecule has 1 unspecified atom stereocenters. The summed E-state index contributed by atoms with van der Waals surface area (Å²) in [6, 6.07) is 3.25. The maximum atomic E-state index is 13.1. The molecule has 0 aliphatic carbocycles. The van der Waals surface area contributed by atoms with Gasteiger partial charge in [0, 0.05) is 24.7 Å². The van der Waals surface area contributed by atoms with Crippen molar-refractivity contribution in [3.05, 3.63) is 29.8 Å². The highest BCUT2D eigenvalue weighted by molar-refractivity contribution is 5.24. The van der Waals surface area contributed by atoms with Crippen molar-refractivity contribution in [2.75, 3.05) is 13.1 Å². The molecule has 102 valence electrons. The molecule has 0 amide bonds. The van der Waals surface area contributed by atoms with Gasteiger partial charge in [0.15, 0.2) is 0 Å². The van der Waals surface area contributed by atoms with Gasteiger partial charge in [0.1, 0.15) is 23.5 Å². The molecule has 0 radical (unpaired) electrons. The molecule has 1 aromatic rings. The van der Waals surface area contributed by atoms with Crippen LogP contribution in [-0.4, -0.2) is 19.2 Å². The second-order valence-corrected chi connectivity index (χ2v) is 4.71. The van der Waals surface area contributed by atoms with Gasteiger partial charge in [0.2, 0.25) is 0 Å². The molecule has 1 aromatic carbocycles. The van der Waals surface area contributed by atoms with Crippen LogP contribution in [0.2, 0.25) is 0 Å². The van der Waals surface area contributed by atoms with E-state index in [4.69, 9.17) is 4.74 Å². The first-order valence-electron chi connectivity index (χ1n) is 6.36. The molecule has 0 aliphatic heterocycles. The van der Waals surface area contributed by atoms with Gasteiger partial charge in [-0.15, -0.1) is 0 Å². The summed E-state index contributed by atoms with van der Waals surface area (Å²) in [7, 11) is 0. The average molecular weight is 257 g/mol. The van der Waals surface area contributed by atoms with Crippen LogP contribution in [0.4, 0.5) is 8.78 Å². The Bertz CT molecular complexity index is 349. The lowest BCUT2D eigenvalue weighted by Crippen LogP contribution is -2.35. The molecule has 0 bridgehead atoms. The Morgan fingerprint density at radius 3 is 2.28 bits per heavy atom. The molecule has 18 heavy (non-hydrogen) atoms. The second-order valence-electron chi connectivity index (χ2n) is 4.71. The number of rotatable bonds is 7. The van der Waals surface area contributed by atoms with Crippen LogP contribution >= 0.6 is 0 Å². The molecule has 0 heterocycles. The van der Waals surface area contributed by atoms with Crippen LogP contribution in [0.25, 0.3) is 0 Å². The SMILES string of the molecule is CCCNCC(Oc1cc(F)cc(F)c1)C(C)C. The predicted octanol–water partition coefficient (Wildman–Crippen LogP) is 3.37. The van der Waals surface area contributed by atoms with Crippen molar-refractivity contribution in [2.45, 2.75) is 33.3 Å². The average Bonchev–Trinajstić information content (AvgIpc) is 2.26. The van der Waals surface area contributed by atoms with Crippen LogP contribution in [0.15, 0.2) is 18.2 Å². The Hall–Kier alpha value is -1.16.